The molecule has 1 rings (SSSR count). The maximum atomic E-state index is 5.08. The van der Waals surface area contributed by atoms with Crippen LogP contribution < -0.4 is 4.74 Å². The van der Waals surface area contributed by atoms with E-state index in [0.717, 1.165) is 10.2 Å². The largest absolute Gasteiger partial charge is 0.497 e. The molecule has 0 heterocycles. The molecular weight excluding hydrogens is 224 g/mol. The molecule has 1 aromatic rings. The molecular formula is C8H9BrOS. The first kappa shape index (κ1) is 8.94. The summed E-state index contributed by atoms with van der Waals surface area (Å²) in [5.41, 5.74) is 0. The van der Waals surface area contributed by atoms with Crippen molar-refractivity contribution >= 4 is 27.7 Å². The third kappa shape index (κ3) is 2.14. The molecule has 0 unspecified atom stereocenters. The van der Waals surface area contributed by atoms with Crippen LogP contribution in [0.25, 0.3) is 0 Å². The molecule has 1 nitrogen and oxygen atoms in total. The van der Waals surface area contributed by atoms with Crippen LogP contribution in [0.15, 0.2) is 27.6 Å². The Morgan fingerprint density at radius 3 is 2.73 bits per heavy atom. The predicted octanol–water partition coefficient (Wildman–Crippen LogP) is 3.18. The van der Waals surface area contributed by atoms with E-state index in [4.69, 9.17) is 4.74 Å². The average molecular weight is 233 g/mol. The van der Waals surface area contributed by atoms with Crippen molar-refractivity contribution in [1.82, 2.24) is 0 Å². The fourth-order valence-electron chi connectivity index (χ4n) is 0.767. The minimum atomic E-state index is 0.901. The van der Waals surface area contributed by atoms with Crippen LogP contribution in [0, 0.1) is 0 Å². The highest BCUT2D eigenvalue weighted by molar-refractivity contribution is 9.10. The lowest BCUT2D eigenvalue weighted by Gasteiger charge is -2.03. The number of ether oxygens (including phenoxy) is 1. The summed E-state index contributed by atoms with van der Waals surface area (Å²) in [7, 11) is 1.67. The summed E-state index contributed by atoms with van der Waals surface area (Å²) in [5, 5.41) is 0. The molecule has 0 spiro atoms. The van der Waals surface area contributed by atoms with Crippen LogP contribution in [0.2, 0.25) is 0 Å². The van der Waals surface area contributed by atoms with Gasteiger partial charge < -0.3 is 4.74 Å². The molecule has 0 atom stereocenters. The van der Waals surface area contributed by atoms with Crippen molar-refractivity contribution in [3.8, 4) is 5.75 Å². The van der Waals surface area contributed by atoms with Gasteiger partial charge in [0.05, 0.1) is 7.11 Å². The summed E-state index contributed by atoms with van der Waals surface area (Å²) in [6, 6.07) is 5.93. The zero-order chi connectivity index (χ0) is 8.27. The summed E-state index contributed by atoms with van der Waals surface area (Å²) in [6.45, 7) is 0. The van der Waals surface area contributed by atoms with Crippen molar-refractivity contribution in [1.29, 1.82) is 0 Å². The van der Waals surface area contributed by atoms with Gasteiger partial charge in [-0.15, -0.1) is 11.8 Å². The number of methoxy groups -OCH3 is 1. The summed E-state index contributed by atoms with van der Waals surface area (Å²) < 4.78 is 6.19. The predicted molar refractivity (Wildman–Crippen MR) is 52.5 cm³/mol. The Kier molecular flexibility index (Phi) is 3.27. The van der Waals surface area contributed by atoms with Crippen molar-refractivity contribution in [3.05, 3.63) is 22.7 Å². The van der Waals surface area contributed by atoms with E-state index in [-0.39, 0.29) is 0 Å². The topological polar surface area (TPSA) is 9.23 Å². The van der Waals surface area contributed by atoms with Gasteiger partial charge in [0.2, 0.25) is 0 Å². The summed E-state index contributed by atoms with van der Waals surface area (Å²) in [5.74, 6) is 0.901. The van der Waals surface area contributed by atoms with E-state index in [1.165, 1.54) is 4.90 Å². The van der Waals surface area contributed by atoms with Gasteiger partial charge in [0, 0.05) is 9.37 Å². The molecule has 0 N–H and O–H groups in total. The SMILES string of the molecule is COc1ccc(Br)c(SC)c1. The second-order valence-corrected chi connectivity index (χ2v) is 3.70. The summed E-state index contributed by atoms with van der Waals surface area (Å²) in [6.07, 6.45) is 2.04. The normalized spacial score (nSPS) is 9.73. The Morgan fingerprint density at radius 1 is 1.45 bits per heavy atom. The highest BCUT2D eigenvalue weighted by Crippen LogP contribution is 2.29. The third-order valence-electron chi connectivity index (χ3n) is 1.36. The maximum Gasteiger partial charge on any atom is 0.120 e. The van der Waals surface area contributed by atoms with E-state index >= 15 is 0 Å². The fraction of sp³-hybridized carbons (Fsp3) is 0.250. The molecule has 0 aliphatic rings. The lowest BCUT2D eigenvalue weighted by Crippen LogP contribution is -1.82. The van der Waals surface area contributed by atoms with Crippen molar-refractivity contribution < 1.29 is 4.74 Å². The summed E-state index contributed by atoms with van der Waals surface area (Å²) >= 11 is 5.14. The van der Waals surface area contributed by atoms with E-state index in [1.807, 2.05) is 24.5 Å². The minimum Gasteiger partial charge on any atom is -0.497 e. The Balaban J connectivity index is 3.02. The second-order valence-electron chi connectivity index (χ2n) is 2.00. The molecule has 0 aromatic heterocycles. The number of hydrogen-bond acceptors (Lipinski definition) is 2. The van der Waals surface area contributed by atoms with Crippen LogP contribution in [-0.2, 0) is 0 Å². The van der Waals surface area contributed by atoms with Gasteiger partial charge in [0.1, 0.15) is 5.75 Å². The number of halogens is 1. The lowest BCUT2D eigenvalue weighted by atomic mass is 10.3. The zero-order valence-electron chi connectivity index (χ0n) is 6.43. The average Bonchev–Trinajstić information content (AvgIpc) is 2.05. The molecule has 0 aliphatic heterocycles. The first-order chi connectivity index (χ1) is 5.27. The van der Waals surface area contributed by atoms with Crippen molar-refractivity contribution in [2.45, 2.75) is 4.90 Å². The van der Waals surface area contributed by atoms with E-state index < -0.39 is 0 Å². The third-order valence-corrected chi connectivity index (χ3v) is 3.09. The monoisotopic (exact) mass is 232 g/mol. The number of benzene rings is 1. The van der Waals surface area contributed by atoms with Gasteiger partial charge in [-0.05, 0) is 40.4 Å². The number of hydrogen-bond donors (Lipinski definition) is 0. The van der Waals surface area contributed by atoms with Gasteiger partial charge in [0.25, 0.3) is 0 Å². The van der Waals surface area contributed by atoms with Crippen molar-refractivity contribution in [2.75, 3.05) is 13.4 Å². The Morgan fingerprint density at radius 2 is 2.18 bits per heavy atom. The summed E-state index contributed by atoms with van der Waals surface area (Å²) in [4.78, 5) is 1.20. The zero-order valence-corrected chi connectivity index (χ0v) is 8.83. The maximum absolute atomic E-state index is 5.08. The molecule has 3 heteroatoms. The fourth-order valence-corrected chi connectivity index (χ4v) is 2.00. The highest BCUT2D eigenvalue weighted by Gasteiger charge is 1.98. The highest BCUT2D eigenvalue weighted by atomic mass is 79.9. The van der Waals surface area contributed by atoms with Crippen molar-refractivity contribution in [2.24, 2.45) is 0 Å². The van der Waals surface area contributed by atoms with E-state index in [9.17, 15) is 0 Å². The first-order valence-corrected chi connectivity index (χ1v) is 5.17. The second kappa shape index (κ2) is 4.02. The molecule has 0 radical (unpaired) electrons. The molecule has 0 aliphatic carbocycles. The van der Waals surface area contributed by atoms with Crippen LogP contribution in [-0.4, -0.2) is 13.4 Å². The smallest absolute Gasteiger partial charge is 0.120 e. The van der Waals surface area contributed by atoms with Crippen molar-refractivity contribution in [3.63, 3.8) is 0 Å². The molecule has 0 amide bonds. The Bertz CT molecular complexity index is 250. The van der Waals surface area contributed by atoms with E-state index in [2.05, 4.69) is 15.9 Å². The van der Waals surface area contributed by atoms with Crippen LogP contribution in [0.5, 0.6) is 5.75 Å². The van der Waals surface area contributed by atoms with Gasteiger partial charge >= 0.3 is 0 Å². The Labute approximate surface area is 79.3 Å². The molecule has 0 bridgehead atoms. The standard InChI is InChI=1S/C8H9BrOS/c1-10-6-3-4-7(9)8(5-6)11-2/h3-5H,1-2H3. The molecule has 0 saturated carbocycles. The van der Waals surface area contributed by atoms with Crippen LogP contribution in [0.4, 0.5) is 0 Å². The number of thioether (sulfide) groups is 1. The van der Waals surface area contributed by atoms with Gasteiger partial charge in [0.15, 0.2) is 0 Å². The quantitative estimate of drug-likeness (QED) is 0.725. The molecule has 0 saturated heterocycles. The van der Waals surface area contributed by atoms with E-state index in [1.54, 1.807) is 18.9 Å². The molecule has 1 aromatic carbocycles. The molecule has 11 heavy (non-hydrogen) atoms. The van der Waals surface area contributed by atoms with Gasteiger partial charge in [-0.2, -0.15) is 0 Å². The van der Waals surface area contributed by atoms with E-state index in [0.29, 0.717) is 0 Å². The first-order valence-electron chi connectivity index (χ1n) is 3.15. The van der Waals surface area contributed by atoms with Gasteiger partial charge in [-0.25, -0.2) is 0 Å². The van der Waals surface area contributed by atoms with Crippen LogP contribution >= 0.6 is 27.7 Å². The molecule has 60 valence electrons. The van der Waals surface area contributed by atoms with Gasteiger partial charge in [-0.1, -0.05) is 0 Å². The number of rotatable bonds is 2. The molecule has 0 fully saturated rings. The van der Waals surface area contributed by atoms with Crippen LogP contribution in [0.3, 0.4) is 0 Å². The van der Waals surface area contributed by atoms with Gasteiger partial charge in [-0.3, -0.25) is 0 Å². The van der Waals surface area contributed by atoms with Crippen LogP contribution in [0.1, 0.15) is 0 Å². The minimum absolute atomic E-state index is 0.901. The lowest BCUT2D eigenvalue weighted by molar-refractivity contribution is 0.413. The Hall–Kier alpha value is -0.150.